The molecule has 0 amide bonds. The molecule has 0 atom stereocenters. The minimum absolute atomic E-state index is 0.757. The zero-order chi connectivity index (χ0) is 11.8. The molecule has 1 N–H and O–H groups in total. The highest BCUT2D eigenvalue weighted by Gasteiger charge is 2.01. The van der Waals surface area contributed by atoms with Crippen LogP contribution in [-0.2, 0) is 0 Å². The number of nitrogens with one attached hydrogen (secondary N) is 1. The molecule has 0 unspecified atom stereocenters. The summed E-state index contributed by atoms with van der Waals surface area (Å²) in [6, 6.07) is 8.01. The average Bonchev–Trinajstić information content (AvgIpc) is 2.31. The first-order chi connectivity index (χ1) is 7.79. The topological polar surface area (TPSA) is 35.8 Å². The van der Waals surface area contributed by atoms with Gasteiger partial charge < -0.3 is 5.32 Å². The van der Waals surface area contributed by atoms with E-state index in [-0.39, 0.29) is 0 Å². The van der Waals surface area contributed by atoms with Crippen LogP contribution in [0.2, 0.25) is 0 Å². The number of hydrogen-bond acceptors (Lipinski definition) is 3. The van der Waals surface area contributed by atoms with Crippen molar-refractivity contribution in [3.8, 4) is 6.07 Å². The minimum Gasteiger partial charge on any atom is -0.385 e. The van der Waals surface area contributed by atoms with Crippen molar-refractivity contribution in [2.75, 3.05) is 23.4 Å². The zero-order valence-electron chi connectivity index (χ0n) is 9.92. The highest BCUT2D eigenvalue weighted by molar-refractivity contribution is 7.99. The third-order valence-electron chi connectivity index (χ3n) is 2.44. The van der Waals surface area contributed by atoms with Crippen molar-refractivity contribution in [1.29, 1.82) is 5.26 Å². The van der Waals surface area contributed by atoms with Gasteiger partial charge in [0.25, 0.3) is 0 Å². The van der Waals surface area contributed by atoms with Gasteiger partial charge in [-0.25, -0.2) is 0 Å². The quantitative estimate of drug-likeness (QED) is 0.766. The van der Waals surface area contributed by atoms with Crippen LogP contribution >= 0.6 is 11.8 Å². The molecule has 1 aromatic carbocycles. The van der Waals surface area contributed by atoms with Gasteiger partial charge in [0.2, 0.25) is 0 Å². The van der Waals surface area contributed by atoms with E-state index in [1.165, 1.54) is 11.5 Å². The molecule has 0 radical (unpaired) electrons. The molecule has 2 nitrogen and oxygen atoms in total. The highest BCUT2D eigenvalue weighted by Crippen LogP contribution is 2.18. The van der Waals surface area contributed by atoms with Crippen LogP contribution in [0.15, 0.2) is 18.2 Å². The Morgan fingerprint density at radius 3 is 2.94 bits per heavy atom. The van der Waals surface area contributed by atoms with Crippen molar-refractivity contribution >= 4 is 17.4 Å². The van der Waals surface area contributed by atoms with Crippen LogP contribution in [0.4, 0.5) is 5.69 Å². The molecular formula is C13H18N2S. The predicted octanol–water partition coefficient (Wildman–Crippen LogP) is 3.42. The van der Waals surface area contributed by atoms with Gasteiger partial charge in [-0.1, -0.05) is 13.0 Å². The number of thioether (sulfide) groups is 1. The molecule has 0 spiro atoms. The molecule has 0 fully saturated rings. The second kappa shape index (κ2) is 7.19. The van der Waals surface area contributed by atoms with E-state index in [0.29, 0.717) is 0 Å². The van der Waals surface area contributed by atoms with E-state index in [0.717, 1.165) is 29.8 Å². The fourth-order valence-electron chi connectivity index (χ4n) is 1.49. The fourth-order valence-corrected chi connectivity index (χ4v) is 2.13. The van der Waals surface area contributed by atoms with E-state index in [2.05, 4.69) is 18.3 Å². The van der Waals surface area contributed by atoms with E-state index < -0.39 is 0 Å². The number of anilines is 1. The maximum atomic E-state index is 8.90. The Morgan fingerprint density at radius 2 is 2.25 bits per heavy atom. The first kappa shape index (κ1) is 12.9. The van der Waals surface area contributed by atoms with Crippen molar-refractivity contribution in [2.45, 2.75) is 20.3 Å². The van der Waals surface area contributed by atoms with Gasteiger partial charge in [-0.05, 0) is 42.5 Å². The Morgan fingerprint density at radius 1 is 1.44 bits per heavy atom. The number of nitrogens with zero attached hydrogens (tertiary/aromatic N) is 1. The van der Waals surface area contributed by atoms with Crippen LogP contribution in [0, 0.1) is 18.3 Å². The van der Waals surface area contributed by atoms with Gasteiger partial charge in [0.05, 0.1) is 11.6 Å². The number of benzene rings is 1. The molecule has 1 aromatic rings. The van der Waals surface area contributed by atoms with E-state index in [9.17, 15) is 0 Å². The summed E-state index contributed by atoms with van der Waals surface area (Å²) >= 11 is 1.96. The molecule has 0 aliphatic rings. The van der Waals surface area contributed by atoms with Crippen LogP contribution in [0.5, 0.6) is 0 Å². The summed E-state index contributed by atoms with van der Waals surface area (Å²) < 4.78 is 0. The van der Waals surface area contributed by atoms with Crippen molar-refractivity contribution in [1.82, 2.24) is 0 Å². The summed E-state index contributed by atoms with van der Waals surface area (Å²) in [5.41, 5.74) is 2.89. The van der Waals surface area contributed by atoms with Gasteiger partial charge in [0.15, 0.2) is 0 Å². The Labute approximate surface area is 102 Å². The summed E-state index contributed by atoms with van der Waals surface area (Å²) in [6.45, 7) is 5.14. The van der Waals surface area contributed by atoms with Crippen molar-refractivity contribution in [2.24, 2.45) is 0 Å². The zero-order valence-corrected chi connectivity index (χ0v) is 10.7. The summed E-state index contributed by atoms with van der Waals surface area (Å²) in [6.07, 6.45) is 1.16. The van der Waals surface area contributed by atoms with Crippen LogP contribution in [0.1, 0.15) is 24.5 Å². The molecule has 0 heterocycles. The van der Waals surface area contributed by atoms with Crippen molar-refractivity contribution in [3.05, 3.63) is 29.3 Å². The van der Waals surface area contributed by atoms with E-state index in [1.807, 2.05) is 36.9 Å². The monoisotopic (exact) mass is 234 g/mol. The second-order valence-corrected chi connectivity index (χ2v) is 4.96. The van der Waals surface area contributed by atoms with Crippen molar-refractivity contribution < 1.29 is 0 Å². The predicted molar refractivity (Wildman–Crippen MR) is 72.0 cm³/mol. The van der Waals surface area contributed by atoms with Crippen LogP contribution in [-0.4, -0.2) is 18.1 Å². The van der Waals surface area contributed by atoms with Crippen molar-refractivity contribution in [3.63, 3.8) is 0 Å². The van der Waals surface area contributed by atoms with Gasteiger partial charge in [-0.2, -0.15) is 17.0 Å². The normalized spacial score (nSPS) is 9.81. The fraction of sp³-hybridized carbons (Fsp3) is 0.462. The standard InChI is InChI=1S/C13H18N2S/c1-3-16-9-5-8-15-13-7-4-6-12(10-14)11(13)2/h4,6-7,15H,3,5,8-9H2,1-2H3. The number of nitriles is 1. The van der Waals surface area contributed by atoms with E-state index >= 15 is 0 Å². The van der Waals surface area contributed by atoms with Gasteiger partial charge in [-0.15, -0.1) is 0 Å². The lowest BCUT2D eigenvalue weighted by molar-refractivity contribution is 0.989. The molecule has 0 bridgehead atoms. The first-order valence-corrected chi connectivity index (χ1v) is 6.76. The molecule has 86 valence electrons. The first-order valence-electron chi connectivity index (χ1n) is 5.61. The summed E-state index contributed by atoms with van der Waals surface area (Å²) in [5, 5.41) is 12.3. The van der Waals surface area contributed by atoms with E-state index in [4.69, 9.17) is 5.26 Å². The largest absolute Gasteiger partial charge is 0.385 e. The molecule has 0 aliphatic carbocycles. The maximum absolute atomic E-state index is 8.90. The maximum Gasteiger partial charge on any atom is 0.0995 e. The van der Waals surface area contributed by atoms with Crippen LogP contribution in [0.3, 0.4) is 0 Å². The summed E-state index contributed by atoms with van der Waals surface area (Å²) in [5.74, 6) is 2.38. The minimum atomic E-state index is 0.757. The molecule has 0 saturated carbocycles. The summed E-state index contributed by atoms with van der Waals surface area (Å²) in [7, 11) is 0. The lowest BCUT2D eigenvalue weighted by Gasteiger charge is -2.09. The molecule has 0 aromatic heterocycles. The van der Waals surface area contributed by atoms with Gasteiger partial charge in [0, 0.05) is 12.2 Å². The second-order valence-electron chi connectivity index (χ2n) is 3.57. The highest BCUT2D eigenvalue weighted by atomic mass is 32.2. The van der Waals surface area contributed by atoms with Gasteiger partial charge in [0.1, 0.15) is 0 Å². The lowest BCUT2D eigenvalue weighted by atomic mass is 10.1. The Balaban J connectivity index is 2.45. The Hall–Kier alpha value is -1.14. The van der Waals surface area contributed by atoms with Crippen LogP contribution in [0.25, 0.3) is 0 Å². The number of rotatable bonds is 6. The van der Waals surface area contributed by atoms with E-state index in [1.54, 1.807) is 0 Å². The molecular weight excluding hydrogens is 216 g/mol. The lowest BCUT2D eigenvalue weighted by Crippen LogP contribution is -2.04. The van der Waals surface area contributed by atoms with Crippen LogP contribution < -0.4 is 5.32 Å². The molecule has 0 saturated heterocycles. The Kier molecular flexibility index (Phi) is 5.81. The SMILES string of the molecule is CCSCCCNc1cccc(C#N)c1C. The molecule has 3 heteroatoms. The van der Waals surface area contributed by atoms with Gasteiger partial charge >= 0.3 is 0 Å². The summed E-state index contributed by atoms with van der Waals surface area (Å²) in [4.78, 5) is 0. The third-order valence-corrected chi connectivity index (χ3v) is 3.42. The third kappa shape index (κ3) is 3.79. The molecule has 16 heavy (non-hydrogen) atoms. The molecule has 1 rings (SSSR count). The molecule has 0 aliphatic heterocycles. The average molecular weight is 234 g/mol. The Bertz CT molecular complexity index is 369. The number of hydrogen-bond donors (Lipinski definition) is 1. The smallest absolute Gasteiger partial charge is 0.0995 e. The van der Waals surface area contributed by atoms with Gasteiger partial charge in [-0.3, -0.25) is 0 Å².